The highest BCUT2D eigenvalue weighted by molar-refractivity contribution is 7.07. The van der Waals surface area contributed by atoms with Crippen LogP contribution in [-0.2, 0) is 9.47 Å². The first-order valence-electron chi connectivity index (χ1n) is 7.73. The van der Waals surface area contributed by atoms with E-state index in [1.54, 1.807) is 30.5 Å². The molecule has 1 aliphatic heterocycles. The number of hydrogen-bond acceptors (Lipinski definition) is 6. The van der Waals surface area contributed by atoms with Gasteiger partial charge in [0.2, 0.25) is 0 Å². The number of ether oxygens (including phenoxy) is 2. The van der Waals surface area contributed by atoms with E-state index < -0.39 is 0 Å². The van der Waals surface area contributed by atoms with Gasteiger partial charge in [0, 0.05) is 19.3 Å². The highest BCUT2D eigenvalue weighted by Gasteiger charge is 2.27. The lowest BCUT2D eigenvalue weighted by atomic mass is 10.1. The molecule has 0 aliphatic carbocycles. The number of morpholine rings is 1. The third-order valence-corrected chi connectivity index (χ3v) is 4.46. The van der Waals surface area contributed by atoms with Crippen molar-refractivity contribution >= 4 is 23.1 Å². The molecule has 2 aromatic rings. The standard InChI is InChI=1S/C17H20N2O3S/c1-3-21-17(20)13-4-5-16(18-8-13)19-9-12(2)22-15(10-19)14-6-7-23-11-14/h4-8,11-12,15H,3,9-10H2,1-2H3. The number of pyridine rings is 1. The van der Waals surface area contributed by atoms with Crippen LogP contribution in [0.1, 0.15) is 35.9 Å². The fourth-order valence-corrected chi connectivity index (χ4v) is 3.39. The molecule has 2 aromatic heterocycles. The molecule has 6 heteroatoms. The van der Waals surface area contributed by atoms with Gasteiger partial charge in [-0.25, -0.2) is 9.78 Å². The molecule has 0 aromatic carbocycles. The maximum atomic E-state index is 11.7. The van der Waals surface area contributed by atoms with Gasteiger partial charge in [-0.2, -0.15) is 11.3 Å². The third kappa shape index (κ3) is 3.71. The van der Waals surface area contributed by atoms with Crippen LogP contribution in [0.25, 0.3) is 0 Å². The Labute approximate surface area is 139 Å². The van der Waals surface area contributed by atoms with Gasteiger partial charge in [-0.3, -0.25) is 0 Å². The number of rotatable bonds is 4. The van der Waals surface area contributed by atoms with Crippen LogP contribution in [0.3, 0.4) is 0 Å². The Bertz CT molecular complexity index is 642. The van der Waals surface area contributed by atoms with E-state index in [4.69, 9.17) is 9.47 Å². The van der Waals surface area contributed by atoms with Gasteiger partial charge in [0.05, 0.1) is 18.3 Å². The van der Waals surface area contributed by atoms with E-state index in [0.29, 0.717) is 12.2 Å². The van der Waals surface area contributed by atoms with Crippen molar-refractivity contribution in [1.82, 2.24) is 4.98 Å². The number of aromatic nitrogens is 1. The zero-order chi connectivity index (χ0) is 16.2. The minimum Gasteiger partial charge on any atom is -0.462 e. The monoisotopic (exact) mass is 332 g/mol. The molecule has 3 heterocycles. The molecule has 1 saturated heterocycles. The van der Waals surface area contributed by atoms with Crippen molar-refractivity contribution in [2.24, 2.45) is 0 Å². The molecule has 0 saturated carbocycles. The summed E-state index contributed by atoms with van der Waals surface area (Å²) in [6.07, 6.45) is 1.75. The first-order chi connectivity index (χ1) is 11.2. The Balaban J connectivity index is 1.74. The van der Waals surface area contributed by atoms with E-state index in [1.807, 2.05) is 6.07 Å². The van der Waals surface area contributed by atoms with Gasteiger partial charge in [0.25, 0.3) is 0 Å². The minimum absolute atomic E-state index is 0.0523. The highest BCUT2D eigenvalue weighted by Crippen LogP contribution is 2.29. The van der Waals surface area contributed by atoms with E-state index in [1.165, 1.54) is 5.56 Å². The van der Waals surface area contributed by atoms with Crippen molar-refractivity contribution in [2.45, 2.75) is 26.1 Å². The molecule has 2 unspecified atom stereocenters. The van der Waals surface area contributed by atoms with E-state index >= 15 is 0 Å². The third-order valence-electron chi connectivity index (χ3n) is 3.76. The molecule has 23 heavy (non-hydrogen) atoms. The molecule has 5 nitrogen and oxygen atoms in total. The molecular formula is C17H20N2O3S. The highest BCUT2D eigenvalue weighted by atomic mass is 32.1. The zero-order valence-electron chi connectivity index (χ0n) is 13.3. The van der Waals surface area contributed by atoms with Gasteiger partial charge in [0.1, 0.15) is 11.9 Å². The van der Waals surface area contributed by atoms with Crippen LogP contribution < -0.4 is 4.90 Å². The number of anilines is 1. The van der Waals surface area contributed by atoms with Gasteiger partial charge < -0.3 is 14.4 Å². The molecule has 0 N–H and O–H groups in total. The average molecular weight is 332 g/mol. The van der Waals surface area contributed by atoms with Crippen molar-refractivity contribution in [3.8, 4) is 0 Å². The first kappa shape index (κ1) is 16.0. The fourth-order valence-electron chi connectivity index (χ4n) is 2.69. The summed E-state index contributed by atoms with van der Waals surface area (Å²) in [4.78, 5) is 18.3. The molecule has 0 radical (unpaired) electrons. The maximum absolute atomic E-state index is 11.7. The summed E-state index contributed by atoms with van der Waals surface area (Å²) in [7, 11) is 0. The van der Waals surface area contributed by atoms with Crippen molar-refractivity contribution in [3.63, 3.8) is 0 Å². The largest absolute Gasteiger partial charge is 0.462 e. The van der Waals surface area contributed by atoms with E-state index in [0.717, 1.165) is 18.9 Å². The second-order valence-corrected chi connectivity index (χ2v) is 6.30. The van der Waals surface area contributed by atoms with E-state index in [9.17, 15) is 4.79 Å². The number of hydrogen-bond donors (Lipinski definition) is 0. The molecule has 0 spiro atoms. The number of thiophene rings is 1. The van der Waals surface area contributed by atoms with Gasteiger partial charge in [-0.05, 0) is 48.4 Å². The van der Waals surface area contributed by atoms with Crippen LogP contribution in [0.2, 0.25) is 0 Å². The smallest absolute Gasteiger partial charge is 0.339 e. The van der Waals surface area contributed by atoms with Crippen LogP contribution in [0.5, 0.6) is 0 Å². The SMILES string of the molecule is CCOC(=O)c1ccc(N2CC(C)OC(c3ccsc3)C2)nc1. The maximum Gasteiger partial charge on any atom is 0.339 e. The number of nitrogens with zero attached hydrogens (tertiary/aromatic N) is 2. The van der Waals surface area contributed by atoms with Crippen molar-refractivity contribution in [3.05, 3.63) is 46.3 Å². The first-order valence-corrected chi connectivity index (χ1v) is 8.67. The Morgan fingerprint density at radius 1 is 1.43 bits per heavy atom. The molecule has 0 amide bonds. The van der Waals surface area contributed by atoms with Gasteiger partial charge >= 0.3 is 5.97 Å². The number of esters is 1. The molecule has 1 fully saturated rings. The quantitative estimate of drug-likeness (QED) is 0.804. The lowest BCUT2D eigenvalue weighted by Gasteiger charge is -2.37. The van der Waals surface area contributed by atoms with Crippen molar-refractivity contribution in [1.29, 1.82) is 0 Å². The Morgan fingerprint density at radius 3 is 2.96 bits per heavy atom. The summed E-state index contributed by atoms with van der Waals surface area (Å²) >= 11 is 1.68. The molecule has 122 valence electrons. The van der Waals surface area contributed by atoms with Crippen LogP contribution >= 0.6 is 11.3 Å². The predicted octanol–water partition coefficient (Wildman–Crippen LogP) is 3.29. The van der Waals surface area contributed by atoms with Gasteiger partial charge in [-0.15, -0.1) is 0 Å². The summed E-state index contributed by atoms with van der Waals surface area (Å²) < 4.78 is 11.0. The van der Waals surface area contributed by atoms with Crippen molar-refractivity contribution < 1.29 is 14.3 Å². The lowest BCUT2D eigenvalue weighted by Crippen LogP contribution is -2.43. The number of carbonyl (C=O) groups is 1. The topological polar surface area (TPSA) is 51.7 Å². The second-order valence-electron chi connectivity index (χ2n) is 5.52. The van der Waals surface area contributed by atoms with Gasteiger partial charge in [0.15, 0.2) is 0 Å². The summed E-state index contributed by atoms with van der Waals surface area (Å²) in [6.45, 7) is 5.76. The average Bonchev–Trinajstić information content (AvgIpc) is 3.09. The minimum atomic E-state index is -0.335. The molecule has 2 atom stereocenters. The summed E-state index contributed by atoms with van der Waals surface area (Å²) in [5, 5.41) is 4.19. The summed E-state index contributed by atoms with van der Waals surface area (Å²) in [5.41, 5.74) is 1.68. The van der Waals surface area contributed by atoms with E-state index in [-0.39, 0.29) is 18.2 Å². The normalized spacial score (nSPS) is 21.2. The molecular weight excluding hydrogens is 312 g/mol. The summed E-state index contributed by atoms with van der Waals surface area (Å²) in [6, 6.07) is 5.73. The molecule has 3 rings (SSSR count). The lowest BCUT2D eigenvalue weighted by molar-refractivity contribution is -0.0174. The zero-order valence-corrected chi connectivity index (χ0v) is 14.1. The second kappa shape index (κ2) is 7.10. The van der Waals surface area contributed by atoms with Crippen molar-refractivity contribution in [2.75, 3.05) is 24.6 Å². The van der Waals surface area contributed by atoms with Crippen LogP contribution in [0.4, 0.5) is 5.82 Å². The van der Waals surface area contributed by atoms with Crippen LogP contribution in [0, 0.1) is 0 Å². The molecule has 0 bridgehead atoms. The summed E-state index contributed by atoms with van der Waals surface area (Å²) in [5.74, 6) is 0.520. The van der Waals surface area contributed by atoms with Gasteiger partial charge in [-0.1, -0.05) is 0 Å². The Morgan fingerprint density at radius 2 is 2.30 bits per heavy atom. The number of carbonyl (C=O) groups excluding carboxylic acids is 1. The fraction of sp³-hybridized carbons (Fsp3) is 0.412. The predicted molar refractivity (Wildman–Crippen MR) is 90.0 cm³/mol. The van der Waals surface area contributed by atoms with Crippen LogP contribution in [0.15, 0.2) is 35.2 Å². The molecule has 1 aliphatic rings. The Hall–Kier alpha value is -1.92. The van der Waals surface area contributed by atoms with E-state index in [2.05, 4.69) is 33.6 Å². The Kier molecular flexibility index (Phi) is 4.93. The van der Waals surface area contributed by atoms with Crippen LogP contribution in [-0.4, -0.2) is 36.8 Å².